The Balaban J connectivity index is 2.52. The number of carbonyl (C=O) groups excluding carboxylic acids is 1. The molecule has 3 heteroatoms. The van der Waals surface area contributed by atoms with Crippen LogP contribution in [0.3, 0.4) is 0 Å². The molecule has 0 radical (unpaired) electrons. The number of halogens is 1. The molecule has 0 spiro atoms. The standard InChI is InChI=1S/C13H18BrNO/c1-3-4-6-10(2)15-13(16)11-7-5-8-12(14)9-11/h5,7-10H,3-4,6H2,1-2H3,(H,15,16). The second kappa shape index (κ2) is 6.69. The fraction of sp³-hybridized carbons (Fsp3) is 0.462. The van der Waals surface area contributed by atoms with Crippen molar-refractivity contribution >= 4 is 21.8 Å². The normalized spacial score (nSPS) is 12.2. The van der Waals surface area contributed by atoms with Crippen LogP contribution in [0.4, 0.5) is 0 Å². The molecule has 0 saturated carbocycles. The lowest BCUT2D eigenvalue weighted by Gasteiger charge is -2.13. The highest BCUT2D eigenvalue weighted by atomic mass is 79.9. The van der Waals surface area contributed by atoms with Crippen LogP contribution in [0.1, 0.15) is 43.5 Å². The third-order valence-electron chi connectivity index (χ3n) is 2.45. The Kier molecular flexibility index (Phi) is 5.53. The van der Waals surface area contributed by atoms with Gasteiger partial charge in [-0.25, -0.2) is 0 Å². The van der Waals surface area contributed by atoms with Gasteiger partial charge in [0.15, 0.2) is 0 Å². The van der Waals surface area contributed by atoms with Crippen molar-refractivity contribution in [3.8, 4) is 0 Å². The molecule has 0 saturated heterocycles. The van der Waals surface area contributed by atoms with E-state index < -0.39 is 0 Å². The lowest BCUT2D eigenvalue weighted by Crippen LogP contribution is -2.32. The minimum absolute atomic E-state index is 0.00454. The third-order valence-corrected chi connectivity index (χ3v) is 2.95. The Morgan fingerprint density at radius 1 is 1.50 bits per heavy atom. The predicted octanol–water partition coefficient (Wildman–Crippen LogP) is 3.76. The van der Waals surface area contributed by atoms with Gasteiger partial charge in [-0.15, -0.1) is 0 Å². The molecule has 1 atom stereocenters. The first-order chi connectivity index (χ1) is 7.63. The summed E-state index contributed by atoms with van der Waals surface area (Å²) in [6.45, 7) is 4.20. The summed E-state index contributed by atoms with van der Waals surface area (Å²) in [6.07, 6.45) is 3.35. The van der Waals surface area contributed by atoms with Crippen molar-refractivity contribution < 1.29 is 4.79 Å². The summed E-state index contributed by atoms with van der Waals surface area (Å²) in [7, 11) is 0. The Morgan fingerprint density at radius 3 is 2.88 bits per heavy atom. The van der Waals surface area contributed by atoms with Gasteiger partial charge in [-0.2, -0.15) is 0 Å². The highest BCUT2D eigenvalue weighted by Crippen LogP contribution is 2.12. The third kappa shape index (κ3) is 4.35. The zero-order valence-electron chi connectivity index (χ0n) is 9.79. The molecule has 16 heavy (non-hydrogen) atoms. The highest BCUT2D eigenvalue weighted by Gasteiger charge is 2.09. The van der Waals surface area contributed by atoms with Gasteiger partial charge in [-0.1, -0.05) is 41.8 Å². The molecule has 0 fully saturated rings. The van der Waals surface area contributed by atoms with E-state index in [1.54, 1.807) is 0 Å². The minimum atomic E-state index is 0.00454. The van der Waals surface area contributed by atoms with E-state index in [2.05, 4.69) is 28.2 Å². The molecule has 1 amide bonds. The SMILES string of the molecule is CCCCC(C)NC(=O)c1cccc(Br)c1. The number of carbonyl (C=O) groups is 1. The summed E-state index contributed by atoms with van der Waals surface area (Å²) in [4.78, 5) is 11.8. The predicted molar refractivity (Wildman–Crippen MR) is 70.6 cm³/mol. The topological polar surface area (TPSA) is 29.1 Å². The molecule has 1 aromatic rings. The van der Waals surface area contributed by atoms with Crippen molar-refractivity contribution in [3.05, 3.63) is 34.3 Å². The number of nitrogens with one attached hydrogen (secondary N) is 1. The van der Waals surface area contributed by atoms with Crippen LogP contribution in [-0.4, -0.2) is 11.9 Å². The van der Waals surface area contributed by atoms with Gasteiger partial charge in [0, 0.05) is 16.1 Å². The van der Waals surface area contributed by atoms with Gasteiger partial charge in [0.2, 0.25) is 0 Å². The zero-order chi connectivity index (χ0) is 12.0. The van der Waals surface area contributed by atoms with Crippen molar-refractivity contribution in [3.63, 3.8) is 0 Å². The van der Waals surface area contributed by atoms with Gasteiger partial charge in [-0.05, 0) is 31.5 Å². The maximum atomic E-state index is 11.8. The number of hydrogen-bond donors (Lipinski definition) is 1. The van der Waals surface area contributed by atoms with Crippen LogP contribution in [0.15, 0.2) is 28.7 Å². The largest absolute Gasteiger partial charge is 0.350 e. The van der Waals surface area contributed by atoms with Crippen LogP contribution < -0.4 is 5.32 Å². The molecule has 0 aliphatic carbocycles. The summed E-state index contributed by atoms with van der Waals surface area (Å²) < 4.78 is 0.932. The average Bonchev–Trinajstić information content (AvgIpc) is 2.26. The fourth-order valence-corrected chi connectivity index (χ4v) is 1.92. The molecule has 2 nitrogen and oxygen atoms in total. The van der Waals surface area contributed by atoms with Crippen LogP contribution in [0, 0.1) is 0 Å². The quantitative estimate of drug-likeness (QED) is 0.876. The first-order valence-electron chi connectivity index (χ1n) is 5.70. The maximum absolute atomic E-state index is 11.8. The molecule has 0 aliphatic rings. The van der Waals surface area contributed by atoms with E-state index in [1.165, 1.54) is 0 Å². The van der Waals surface area contributed by atoms with E-state index in [0.29, 0.717) is 5.56 Å². The second-order valence-corrected chi connectivity index (χ2v) is 4.94. The van der Waals surface area contributed by atoms with Gasteiger partial charge in [0.1, 0.15) is 0 Å². The maximum Gasteiger partial charge on any atom is 0.251 e. The number of amides is 1. The van der Waals surface area contributed by atoms with Crippen molar-refractivity contribution in [1.29, 1.82) is 0 Å². The lowest BCUT2D eigenvalue weighted by molar-refractivity contribution is 0.0938. The number of benzene rings is 1. The van der Waals surface area contributed by atoms with Gasteiger partial charge in [0.25, 0.3) is 5.91 Å². The van der Waals surface area contributed by atoms with E-state index in [-0.39, 0.29) is 11.9 Å². The smallest absolute Gasteiger partial charge is 0.251 e. The molecule has 1 rings (SSSR count). The second-order valence-electron chi connectivity index (χ2n) is 4.03. The van der Waals surface area contributed by atoms with E-state index in [1.807, 2.05) is 31.2 Å². The lowest BCUT2D eigenvalue weighted by atomic mass is 10.1. The first-order valence-corrected chi connectivity index (χ1v) is 6.49. The molecule has 0 heterocycles. The Morgan fingerprint density at radius 2 is 2.25 bits per heavy atom. The zero-order valence-corrected chi connectivity index (χ0v) is 11.4. The Labute approximate surface area is 106 Å². The fourth-order valence-electron chi connectivity index (χ4n) is 1.52. The molecular formula is C13H18BrNO. The number of rotatable bonds is 5. The molecule has 0 bridgehead atoms. The van der Waals surface area contributed by atoms with Crippen LogP contribution in [-0.2, 0) is 0 Å². The Bertz CT molecular complexity index is 352. The van der Waals surface area contributed by atoms with E-state index in [4.69, 9.17) is 0 Å². The van der Waals surface area contributed by atoms with Crippen molar-refractivity contribution in [2.75, 3.05) is 0 Å². The van der Waals surface area contributed by atoms with Crippen molar-refractivity contribution in [2.24, 2.45) is 0 Å². The summed E-state index contributed by atoms with van der Waals surface area (Å²) in [5.74, 6) is 0.00454. The van der Waals surface area contributed by atoms with Crippen LogP contribution in [0.5, 0.6) is 0 Å². The van der Waals surface area contributed by atoms with Crippen molar-refractivity contribution in [1.82, 2.24) is 5.32 Å². The van der Waals surface area contributed by atoms with Crippen LogP contribution >= 0.6 is 15.9 Å². The summed E-state index contributed by atoms with van der Waals surface area (Å²) in [6, 6.07) is 7.69. The minimum Gasteiger partial charge on any atom is -0.350 e. The van der Waals surface area contributed by atoms with Gasteiger partial charge in [0.05, 0.1) is 0 Å². The molecule has 1 aromatic carbocycles. The molecule has 88 valence electrons. The average molecular weight is 284 g/mol. The molecule has 0 aromatic heterocycles. The van der Waals surface area contributed by atoms with Gasteiger partial charge in [-0.3, -0.25) is 4.79 Å². The summed E-state index contributed by atoms with van der Waals surface area (Å²) in [5.41, 5.74) is 0.706. The van der Waals surface area contributed by atoms with E-state index in [0.717, 1.165) is 23.7 Å². The van der Waals surface area contributed by atoms with E-state index >= 15 is 0 Å². The molecule has 1 N–H and O–H groups in total. The molecule has 0 aliphatic heterocycles. The van der Waals surface area contributed by atoms with Gasteiger partial charge >= 0.3 is 0 Å². The first kappa shape index (κ1) is 13.2. The van der Waals surface area contributed by atoms with Crippen LogP contribution in [0.2, 0.25) is 0 Å². The molecule has 1 unspecified atom stereocenters. The van der Waals surface area contributed by atoms with Gasteiger partial charge < -0.3 is 5.32 Å². The number of hydrogen-bond acceptors (Lipinski definition) is 1. The number of unbranched alkanes of at least 4 members (excludes halogenated alkanes) is 1. The highest BCUT2D eigenvalue weighted by molar-refractivity contribution is 9.10. The van der Waals surface area contributed by atoms with E-state index in [9.17, 15) is 4.79 Å². The van der Waals surface area contributed by atoms with Crippen LogP contribution in [0.25, 0.3) is 0 Å². The molecular weight excluding hydrogens is 266 g/mol. The summed E-state index contributed by atoms with van der Waals surface area (Å²) in [5, 5.41) is 3.00. The monoisotopic (exact) mass is 283 g/mol. The summed E-state index contributed by atoms with van der Waals surface area (Å²) >= 11 is 3.36. The van der Waals surface area contributed by atoms with Crippen molar-refractivity contribution in [2.45, 2.75) is 39.2 Å². The Hall–Kier alpha value is -0.830.